The summed E-state index contributed by atoms with van der Waals surface area (Å²) >= 11 is 0. The van der Waals surface area contributed by atoms with Crippen LogP contribution < -0.4 is 10.6 Å². The minimum atomic E-state index is -3.56. The summed E-state index contributed by atoms with van der Waals surface area (Å²) in [5.74, 6) is -0.383. The van der Waals surface area contributed by atoms with Gasteiger partial charge in [0.15, 0.2) is 0 Å². The highest BCUT2D eigenvalue weighted by molar-refractivity contribution is 7.89. The molecule has 1 aliphatic heterocycles. The summed E-state index contributed by atoms with van der Waals surface area (Å²) in [7, 11) is -3.56. The third-order valence-electron chi connectivity index (χ3n) is 6.01. The van der Waals surface area contributed by atoms with Crippen LogP contribution in [0.4, 0.5) is 14.9 Å². The lowest BCUT2D eigenvalue weighted by molar-refractivity contribution is 0.0938. The highest BCUT2D eigenvalue weighted by Gasteiger charge is 2.24. The topological polar surface area (TPSA) is 98.8 Å². The molecule has 3 amide bonds. The highest BCUT2D eigenvalue weighted by atomic mass is 32.2. The number of piperidine rings is 1. The SMILES string of the molecule is CCN(CC)S(=O)(=O)c1ccc(C(=O)NCC2CCN(C(=O)Nc3ccc(F)cc3)CC2)cc1. The number of carbonyl (C=O) groups excluding carboxylic acids is 2. The average Bonchev–Trinajstić information content (AvgIpc) is 2.85. The number of urea groups is 1. The molecular weight excluding hydrogens is 459 g/mol. The number of amides is 3. The van der Waals surface area contributed by atoms with E-state index in [1.165, 1.54) is 52.8 Å². The Labute approximate surface area is 200 Å². The van der Waals surface area contributed by atoms with Gasteiger partial charge in [-0.1, -0.05) is 13.8 Å². The van der Waals surface area contributed by atoms with Gasteiger partial charge in [0.05, 0.1) is 4.90 Å². The molecule has 0 bridgehead atoms. The predicted octanol–water partition coefficient (Wildman–Crippen LogP) is 3.53. The Kier molecular flexibility index (Phi) is 8.62. The van der Waals surface area contributed by atoms with Gasteiger partial charge in [0.2, 0.25) is 10.0 Å². The van der Waals surface area contributed by atoms with E-state index in [2.05, 4.69) is 10.6 Å². The Bertz CT molecular complexity index is 1080. The highest BCUT2D eigenvalue weighted by Crippen LogP contribution is 2.19. The number of benzene rings is 2. The van der Waals surface area contributed by atoms with Gasteiger partial charge in [-0.25, -0.2) is 17.6 Å². The van der Waals surface area contributed by atoms with Crippen LogP contribution in [-0.2, 0) is 10.0 Å². The summed E-state index contributed by atoms with van der Waals surface area (Å²) in [6, 6.07) is 11.4. The second kappa shape index (κ2) is 11.4. The van der Waals surface area contributed by atoms with Crippen molar-refractivity contribution in [3.63, 3.8) is 0 Å². The fourth-order valence-corrected chi connectivity index (χ4v) is 5.36. The molecule has 2 aromatic carbocycles. The number of anilines is 1. The summed E-state index contributed by atoms with van der Waals surface area (Å²) in [6.07, 6.45) is 1.50. The van der Waals surface area contributed by atoms with E-state index in [0.717, 1.165) is 12.8 Å². The van der Waals surface area contributed by atoms with E-state index in [1.807, 2.05) is 0 Å². The van der Waals surface area contributed by atoms with Crippen molar-refractivity contribution >= 4 is 27.6 Å². The number of hydrogen-bond acceptors (Lipinski definition) is 4. The quantitative estimate of drug-likeness (QED) is 0.591. The van der Waals surface area contributed by atoms with Crippen LogP contribution in [0, 0.1) is 11.7 Å². The van der Waals surface area contributed by atoms with Crippen molar-refractivity contribution in [1.82, 2.24) is 14.5 Å². The number of nitrogens with zero attached hydrogens (tertiary/aromatic N) is 2. The molecule has 1 fully saturated rings. The molecule has 2 N–H and O–H groups in total. The predicted molar refractivity (Wildman–Crippen MR) is 129 cm³/mol. The van der Waals surface area contributed by atoms with E-state index in [0.29, 0.717) is 44.0 Å². The van der Waals surface area contributed by atoms with Crippen molar-refractivity contribution < 1.29 is 22.4 Å². The van der Waals surface area contributed by atoms with Gasteiger partial charge in [0.1, 0.15) is 5.82 Å². The van der Waals surface area contributed by atoms with Gasteiger partial charge in [-0.2, -0.15) is 4.31 Å². The molecule has 1 aliphatic rings. The van der Waals surface area contributed by atoms with Gasteiger partial charge in [-0.05, 0) is 67.3 Å². The Hall–Kier alpha value is -2.98. The molecule has 1 saturated heterocycles. The number of halogens is 1. The standard InChI is InChI=1S/C24H31FN4O4S/c1-3-29(4-2)34(32,33)22-11-5-19(6-12-22)23(30)26-17-18-13-15-28(16-14-18)24(31)27-21-9-7-20(25)8-10-21/h5-12,18H,3-4,13-17H2,1-2H3,(H,26,30)(H,27,31). The molecule has 2 aromatic rings. The van der Waals surface area contributed by atoms with Crippen LogP contribution in [0.1, 0.15) is 37.0 Å². The van der Waals surface area contributed by atoms with Gasteiger partial charge in [0.25, 0.3) is 5.91 Å². The van der Waals surface area contributed by atoms with E-state index in [-0.39, 0.29) is 28.6 Å². The number of hydrogen-bond donors (Lipinski definition) is 2. The van der Waals surface area contributed by atoms with Gasteiger partial charge in [-0.3, -0.25) is 4.79 Å². The molecule has 0 aliphatic carbocycles. The molecule has 3 rings (SSSR count). The number of carbonyl (C=O) groups is 2. The summed E-state index contributed by atoms with van der Waals surface area (Å²) < 4.78 is 39.5. The monoisotopic (exact) mass is 490 g/mol. The second-order valence-corrected chi connectivity index (χ2v) is 10.1. The molecule has 10 heteroatoms. The molecule has 0 radical (unpaired) electrons. The minimum absolute atomic E-state index is 0.166. The molecule has 34 heavy (non-hydrogen) atoms. The van der Waals surface area contributed by atoms with Crippen molar-refractivity contribution in [2.45, 2.75) is 31.6 Å². The van der Waals surface area contributed by atoms with Crippen LogP contribution in [0.3, 0.4) is 0 Å². The normalized spacial score (nSPS) is 14.8. The Morgan fingerprint density at radius 2 is 1.59 bits per heavy atom. The van der Waals surface area contributed by atoms with Crippen molar-refractivity contribution in [2.75, 3.05) is 38.0 Å². The van der Waals surface area contributed by atoms with Crippen LogP contribution in [-0.4, -0.2) is 62.3 Å². The van der Waals surface area contributed by atoms with Gasteiger partial charge in [-0.15, -0.1) is 0 Å². The molecule has 0 aromatic heterocycles. The van der Waals surface area contributed by atoms with E-state index in [4.69, 9.17) is 0 Å². The fraction of sp³-hybridized carbons (Fsp3) is 0.417. The first-order chi connectivity index (χ1) is 16.2. The van der Waals surface area contributed by atoms with Crippen LogP contribution in [0.5, 0.6) is 0 Å². The first-order valence-corrected chi connectivity index (χ1v) is 12.9. The lowest BCUT2D eigenvalue weighted by Crippen LogP contribution is -2.43. The van der Waals surface area contributed by atoms with E-state index >= 15 is 0 Å². The summed E-state index contributed by atoms with van der Waals surface area (Å²) in [5, 5.41) is 5.67. The second-order valence-electron chi connectivity index (χ2n) is 8.19. The Morgan fingerprint density at radius 3 is 2.15 bits per heavy atom. The minimum Gasteiger partial charge on any atom is -0.352 e. The Balaban J connectivity index is 1.46. The number of nitrogens with one attached hydrogen (secondary N) is 2. The summed E-state index contributed by atoms with van der Waals surface area (Å²) in [5.41, 5.74) is 0.936. The zero-order valence-corrected chi connectivity index (χ0v) is 20.3. The molecule has 0 unspecified atom stereocenters. The van der Waals surface area contributed by atoms with Crippen molar-refractivity contribution in [2.24, 2.45) is 5.92 Å². The average molecular weight is 491 g/mol. The molecule has 8 nitrogen and oxygen atoms in total. The zero-order chi connectivity index (χ0) is 24.7. The molecule has 0 atom stereocenters. The van der Waals surface area contributed by atoms with E-state index in [9.17, 15) is 22.4 Å². The van der Waals surface area contributed by atoms with E-state index < -0.39 is 10.0 Å². The van der Waals surface area contributed by atoms with Crippen LogP contribution >= 0.6 is 0 Å². The third-order valence-corrected chi connectivity index (χ3v) is 8.07. The molecule has 0 spiro atoms. The summed E-state index contributed by atoms with van der Waals surface area (Å²) in [6.45, 7) is 5.93. The number of sulfonamides is 1. The van der Waals surface area contributed by atoms with Crippen LogP contribution in [0.25, 0.3) is 0 Å². The molecular formula is C24H31FN4O4S. The van der Waals surface area contributed by atoms with Crippen molar-refractivity contribution in [3.8, 4) is 0 Å². The van der Waals surface area contributed by atoms with Crippen LogP contribution in [0.2, 0.25) is 0 Å². The maximum absolute atomic E-state index is 13.0. The van der Waals surface area contributed by atoms with Gasteiger partial charge in [0, 0.05) is 44.0 Å². The first-order valence-electron chi connectivity index (χ1n) is 11.4. The first kappa shape index (κ1) is 25.6. The maximum Gasteiger partial charge on any atom is 0.321 e. The summed E-state index contributed by atoms with van der Waals surface area (Å²) in [4.78, 5) is 26.8. The van der Waals surface area contributed by atoms with Crippen molar-refractivity contribution in [1.29, 1.82) is 0 Å². The zero-order valence-electron chi connectivity index (χ0n) is 19.5. The lowest BCUT2D eigenvalue weighted by Gasteiger charge is -2.32. The van der Waals surface area contributed by atoms with Gasteiger partial charge < -0.3 is 15.5 Å². The van der Waals surface area contributed by atoms with Crippen LogP contribution in [0.15, 0.2) is 53.4 Å². The number of likely N-dealkylation sites (tertiary alicyclic amines) is 1. The number of rotatable bonds is 8. The maximum atomic E-state index is 13.0. The molecule has 0 saturated carbocycles. The molecule has 1 heterocycles. The lowest BCUT2D eigenvalue weighted by atomic mass is 9.97. The fourth-order valence-electron chi connectivity index (χ4n) is 3.91. The smallest absolute Gasteiger partial charge is 0.321 e. The van der Waals surface area contributed by atoms with E-state index in [1.54, 1.807) is 18.7 Å². The third kappa shape index (κ3) is 6.32. The molecule has 184 valence electrons. The van der Waals surface area contributed by atoms with Crippen molar-refractivity contribution in [3.05, 3.63) is 59.9 Å². The van der Waals surface area contributed by atoms with Gasteiger partial charge >= 0.3 is 6.03 Å². The Morgan fingerprint density at radius 1 is 1.00 bits per heavy atom. The largest absolute Gasteiger partial charge is 0.352 e.